The van der Waals surface area contributed by atoms with Crippen LogP contribution in [-0.4, -0.2) is 92.1 Å². The molecule has 0 aromatic heterocycles. The fourth-order valence-electron chi connectivity index (χ4n) is 4.75. The topological polar surface area (TPSA) is 114 Å². The zero-order chi connectivity index (χ0) is 35.5. The molecule has 2 amide bonds. The number of carbonyl (C=O) groups is 2. The van der Waals surface area contributed by atoms with E-state index in [-0.39, 0.29) is 24.5 Å². The maximum absolute atomic E-state index is 15.2. The summed E-state index contributed by atoms with van der Waals surface area (Å²) in [5, 5.41) is 0. The summed E-state index contributed by atoms with van der Waals surface area (Å²) in [4.78, 5) is 27.1. The lowest BCUT2D eigenvalue weighted by Crippen LogP contribution is -2.53. The van der Waals surface area contributed by atoms with Gasteiger partial charge < -0.3 is 19.1 Å². The van der Waals surface area contributed by atoms with Crippen LogP contribution in [0.15, 0.2) is 42.5 Å². The normalized spacial score (nSPS) is 18.3. The van der Waals surface area contributed by atoms with Crippen molar-refractivity contribution >= 4 is 22.2 Å². The van der Waals surface area contributed by atoms with E-state index in [2.05, 4.69) is 0 Å². The maximum Gasteiger partial charge on any atom is 0.410 e. The lowest BCUT2D eigenvalue weighted by molar-refractivity contribution is -0.0125. The van der Waals surface area contributed by atoms with Gasteiger partial charge in [0.25, 0.3) is 15.9 Å². The summed E-state index contributed by atoms with van der Waals surface area (Å²) >= 11 is 0. The van der Waals surface area contributed by atoms with Crippen LogP contribution in [0.25, 0.3) is 11.1 Å². The van der Waals surface area contributed by atoms with E-state index in [9.17, 15) is 26.8 Å². The number of nitrogens with one attached hydrogen (secondary N) is 1. The molecule has 0 bridgehead atoms. The van der Waals surface area contributed by atoms with Gasteiger partial charge in [0.15, 0.2) is 11.6 Å². The van der Waals surface area contributed by atoms with Gasteiger partial charge in [0.05, 0.1) is 19.1 Å². The molecule has 2 unspecified atom stereocenters. The second-order valence-electron chi connectivity index (χ2n) is 13.1. The highest BCUT2D eigenvalue weighted by Gasteiger charge is 2.58. The average molecular weight is 694 g/mol. The van der Waals surface area contributed by atoms with Gasteiger partial charge in [-0.05, 0) is 65.2 Å². The standard InChI is InChI=1S/C31H40F5N3O7S/c1-29(2,3)45-27(40)38(7)14-15-44-24-21(12-9-13-22(24)32)20-11-8-10-19(16-20)17-23-25(37-47(42,43)26(33)34)31(35,36)18-39(23)28(41)46-30(4,5)6/h8-13,16,23,25-26,37H,14-15,17-18H2,1-7H3. The fourth-order valence-corrected chi connectivity index (χ4v) is 5.54. The quantitative estimate of drug-likeness (QED) is 0.302. The smallest absolute Gasteiger partial charge is 0.410 e. The number of amides is 2. The molecule has 16 heteroatoms. The lowest BCUT2D eigenvalue weighted by Gasteiger charge is -2.30. The molecule has 1 heterocycles. The Bertz CT molecular complexity index is 1540. The Labute approximate surface area is 271 Å². The fraction of sp³-hybridized carbons (Fsp3) is 0.548. The van der Waals surface area contributed by atoms with Crippen molar-refractivity contribution in [2.75, 3.05) is 26.7 Å². The summed E-state index contributed by atoms with van der Waals surface area (Å²) in [7, 11) is -4.00. The molecule has 0 radical (unpaired) electrons. The molecule has 2 atom stereocenters. The van der Waals surface area contributed by atoms with Gasteiger partial charge in [-0.3, -0.25) is 4.90 Å². The van der Waals surface area contributed by atoms with Crippen LogP contribution in [0.2, 0.25) is 0 Å². The first-order valence-electron chi connectivity index (χ1n) is 14.6. The van der Waals surface area contributed by atoms with E-state index in [4.69, 9.17) is 14.2 Å². The van der Waals surface area contributed by atoms with E-state index in [1.165, 1.54) is 67.8 Å². The Morgan fingerprint density at radius 2 is 1.66 bits per heavy atom. The van der Waals surface area contributed by atoms with Crippen LogP contribution < -0.4 is 9.46 Å². The first-order chi connectivity index (χ1) is 21.5. The number of nitrogens with zero attached hydrogens (tertiary/aromatic N) is 2. The Morgan fingerprint density at radius 1 is 1.04 bits per heavy atom. The van der Waals surface area contributed by atoms with E-state index in [0.29, 0.717) is 16.0 Å². The molecule has 47 heavy (non-hydrogen) atoms. The van der Waals surface area contributed by atoms with E-state index in [1.807, 2.05) is 0 Å². The molecule has 0 saturated carbocycles. The van der Waals surface area contributed by atoms with Crippen LogP contribution in [0.5, 0.6) is 5.75 Å². The minimum absolute atomic E-state index is 0.0506. The van der Waals surface area contributed by atoms with Crippen molar-refractivity contribution in [1.29, 1.82) is 0 Å². The molecule has 0 aliphatic carbocycles. The number of ether oxygens (including phenoxy) is 3. The molecule has 2 aromatic rings. The molecule has 0 spiro atoms. The summed E-state index contributed by atoms with van der Waals surface area (Å²) in [5.41, 5.74) is -0.896. The first kappa shape index (κ1) is 37.8. The number of likely N-dealkylation sites (N-methyl/N-ethyl adjacent to an activating group) is 1. The number of sulfonamides is 1. The molecule has 1 saturated heterocycles. The Hall–Kier alpha value is -3.66. The summed E-state index contributed by atoms with van der Waals surface area (Å²) in [6.07, 6.45) is -2.20. The molecular formula is C31H40F5N3O7S. The van der Waals surface area contributed by atoms with Crippen LogP contribution in [0.1, 0.15) is 47.1 Å². The summed E-state index contributed by atoms with van der Waals surface area (Å²) in [6, 6.07) is 6.20. The third kappa shape index (κ3) is 10.2. The van der Waals surface area contributed by atoms with E-state index in [1.54, 1.807) is 32.9 Å². The van der Waals surface area contributed by atoms with Crippen molar-refractivity contribution < 1.29 is 54.2 Å². The van der Waals surface area contributed by atoms with Crippen molar-refractivity contribution in [3.63, 3.8) is 0 Å². The minimum atomic E-state index is -5.49. The summed E-state index contributed by atoms with van der Waals surface area (Å²) in [5.74, 6) is -8.81. The van der Waals surface area contributed by atoms with Crippen LogP contribution in [-0.2, 0) is 25.9 Å². The third-order valence-corrected chi connectivity index (χ3v) is 7.85. The largest absolute Gasteiger partial charge is 0.488 e. The number of hydrogen-bond acceptors (Lipinski definition) is 7. The van der Waals surface area contributed by atoms with Crippen molar-refractivity contribution in [1.82, 2.24) is 14.5 Å². The second kappa shape index (κ2) is 14.2. The van der Waals surface area contributed by atoms with Crippen LogP contribution in [0.3, 0.4) is 0 Å². The number of carbonyl (C=O) groups excluding carboxylic acids is 2. The molecule has 1 aliphatic heterocycles. The zero-order valence-electron chi connectivity index (χ0n) is 27.2. The molecule has 1 N–H and O–H groups in total. The Kier molecular flexibility index (Phi) is 11.4. The molecular weight excluding hydrogens is 653 g/mol. The van der Waals surface area contributed by atoms with E-state index in [0.717, 1.165) is 0 Å². The van der Waals surface area contributed by atoms with Gasteiger partial charge in [-0.15, -0.1) is 0 Å². The highest BCUT2D eigenvalue weighted by Crippen LogP contribution is 2.38. The number of benzene rings is 2. The van der Waals surface area contributed by atoms with Crippen molar-refractivity contribution in [3.8, 4) is 16.9 Å². The van der Waals surface area contributed by atoms with Gasteiger partial charge in [-0.25, -0.2) is 31.2 Å². The van der Waals surface area contributed by atoms with Crippen LogP contribution >= 0.6 is 0 Å². The van der Waals surface area contributed by atoms with E-state index < -0.39 is 76.0 Å². The predicted octanol–water partition coefficient (Wildman–Crippen LogP) is 6.05. The predicted molar refractivity (Wildman–Crippen MR) is 163 cm³/mol. The van der Waals surface area contributed by atoms with Gasteiger partial charge in [0.2, 0.25) is 0 Å². The summed E-state index contributed by atoms with van der Waals surface area (Å²) < 4.78 is 114. The second-order valence-corrected chi connectivity index (χ2v) is 14.8. The van der Waals surface area contributed by atoms with E-state index >= 15 is 13.2 Å². The first-order valence-corrected chi connectivity index (χ1v) is 16.2. The average Bonchev–Trinajstić information content (AvgIpc) is 3.16. The number of likely N-dealkylation sites (tertiary alicyclic amines) is 1. The number of rotatable bonds is 10. The monoisotopic (exact) mass is 693 g/mol. The molecule has 1 aliphatic rings. The molecule has 2 aromatic carbocycles. The van der Waals surface area contributed by atoms with Gasteiger partial charge in [-0.2, -0.15) is 13.5 Å². The number of para-hydroxylation sites is 1. The lowest BCUT2D eigenvalue weighted by atomic mass is 9.96. The maximum atomic E-state index is 15.2. The van der Waals surface area contributed by atoms with Crippen molar-refractivity contribution in [2.24, 2.45) is 0 Å². The van der Waals surface area contributed by atoms with Crippen LogP contribution in [0.4, 0.5) is 31.5 Å². The molecule has 10 nitrogen and oxygen atoms in total. The Balaban J connectivity index is 1.92. The molecule has 3 rings (SSSR count). The third-order valence-electron chi connectivity index (χ3n) is 6.80. The van der Waals surface area contributed by atoms with Gasteiger partial charge >= 0.3 is 17.9 Å². The number of alkyl halides is 4. The summed E-state index contributed by atoms with van der Waals surface area (Å²) in [6.45, 7) is 8.29. The highest BCUT2D eigenvalue weighted by atomic mass is 32.2. The zero-order valence-corrected chi connectivity index (χ0v) is 28.0. The van der Waals surface area contributed by atoms with Gasteiger partial charge in [0, 0.05) is 12.6 Å². The minimum Gasteiger partial charge on any atom is -0.488 e. The van der Waals surface area contributed by atoms with Gasteiger partial charge in [-0.1, -0.05) is 36.4 Å². The molecule has 1 fully saturated rings. The Morgan fingerprint density at radius 3 is 2.26 bits per heavy atom. The number of halogens is 5. The van der Waals surface area contributed by atoms with Crippen molar-refractivity contribution in [2.45, 2.75) is 82.9 Å². The number of hydrogen-bond donors (Lipinski definition) is 1. The SMILES string of the molecule is CN(CCOc1c(F)cccc1-c1cccc(CC2C(NS(=O)(=O)C(F)F)C(F)(F)CN2C(=O)OC(C)(C)C)c1)C(=O)OC(C)(C)C. The van der Waals surface area contributed by atoms with Gasteiger partial charge in [0.1, 0.15) is 23.9 Å². The molecule has 262 valence electrons. The highest BCUT2D eigenvalue weighted by molar-refractivity contribution is 7.89. The van der Waals surface area contributed by atoms with Crippen molar-refractivity contribution in [3.05, 3.63) is 53.8 Å². The van der Waals surface area contributed by atoms with Crippen LogP contribution in [0, 0.1) is 5.82 Å².